The Morgan fingerprint density at radius 2 is 2.17 bits per heavy atom. The predicted octanol–water partition coefficient (Wildman–Crippen LogP) is 2.46. The summed E-state index contributed by atoms with van der Waals surface area (Å²) in [4.78, 5) is 11.6. The molecule has 0 radical (unpaired) electrons. The van der Waals surface area contributed by atoms with Gasteiger partial charge in [0.2, 0.25) is 0 Å². The molecule has 2 aromatic heterocycles. The van der Waals surface area contributed by atoms with E-state index in [1.54, 1.807) is 0 Å². The third kappa shape index (κ3) is 2.77. The Bertz CT molecular complexity index is 816. The number of para-hydroxylation sites is 2. The van der Waals surface area contributed by atoms with Crippen molar-refractivity contribution in [2.45, 2.75) is 25.9 Å². The maximum Gasteiger partial charge on any atom is 0.123 e. The predicted molar refractivity (Wildman–Crippen MR) is 91.1 cm³/mol. The van der Waals surface area contributed by atoms with Crippen LogP contribution in [0.15, 0.2) is 36.7 Å². The zero-order valence-electron chi connectivity index (χ0n) is 13.8. The van der Waals surface area contributed by atoms with Crippen LogP contribution in [0.1, 0.15) is 18.1 Å². The van der Waals surface area contributed by atoms with E-state index in [1.807, 2.05) is 12.3 Å². The molecule has 1 aliphatic heterocycles. The molecule has 0 bridgehead atoms. The summed E-state index contributed by atoms with van der Waals surface area (Å²) in [6, 6.07) is 8.34. The minimum atomic E-state index is 0.691. The van der Waals surface area contributed by atoms with Crippen LogP contribution in [-0.2, 0) is 26.6 Å². The second-order valence-corrected chi connectivity index (χ2v) is 6.67. The molecule has 3 aromatic rings. The Balaban J connectivity index is 1.43. The SMILES string of the molecule is CN(Cc1nc2ccccc2n1C)CC1CCc2nccn2C1. The van der Waals surface area contributed by atoms with Crippen molar-refractivity contribution in [2.75, 3.05) is 13.6 Å². The molecule has 5 heteroatoms. The lowest BCUT2D eigenvalue weighted by Gasteiger charge is -2.28. The molecular formula is C18H23N5. The standard InChI is InChI=1S/C18H23N5/c1-21(11-14-7-8-17-19-9-10-23(17)12-14)13-18-20-15-5-3-4-6-16(15)22(18)2/h3-6,9-10,14H,7-8,11-13H2,1-2H3. The van der Waals surface area contributed by atoms with Gasteiger partial charge in [-0.2, -0.15) is 0 Å². The number of aryl methyl sites for hydroxylation is 2. The van der Waals surface area contributed by atoms with Gasteiger partial charge in [0.15, 0.2) is 0 Å². The van der Waals surface area contributed by atoms with Gasteiger partial charge >= 0.3 is 0 Å². The van der Waals surface area contributed by atoms with Crippen LogP contribution in [0.3, 0.4) is 0 Å². The van der Waals surface area contributed by atoms with Crippen molar-refractivity contribution in [2.24, 2.45) is 13.0 Å². The number of aromatic nitrogens is 4. The van der Waals surface area contributed by atoms with Gasteiger partial charge in [0.1, 0.15) is 11.6 Å². The molecule has 0 aliphatic carbocycles. The third-order valence-corrected chi connectivity index (χ3v) is 4.89. The summed E-state index contributed by atoms with van der Waals surface area (Å²) in [5.41, 5.74) is 2.29. The zero-order valence-corrected chi connectivity index (χ0v) is 13.8. The van der Waals surface area contributed by atoms with Crippen LogP contribution in [0.2, 0.25) is 0 Å². The van der Waals surface area contributed by atoms with Gasteiger partial charge < -0.3 is 9.13 Å². The minimum Gasteiger partial charge on any atom is -0.335 e. The Hall–Kier alpha value is -2.14. The van der Waals surface area contributed by atoms with Crippen LogP contribution < -0.4 is 0 Å². The molecule has 0 saturated carbocycles. The monoisotopic (exact) mass is 309 g/mol. The fourth-order valence-corrected chi connectivity index (χ4v) is 3.67. The van der Waals surface area contributed by atoms with Crippen molar-refractivity contribution in [3.8, 4) is 0 Å². The van der Waals surface area contributed by atoms with Gasteiger partial charge in [-0.25, -0.2) is 9.97 Å². The lowest BCUT2D eigenvalue weighted by molar-refractivity contribution is 0.224. The molecule has 1 atom stereocenters. The summed E-state index contributed by atoms with van der Waals surface area (Å²) < 4.78 is 4.51. The minimum absolute atomic E-state index is 0.691. The van der Waals surface area contributed by atoms with Crippen LogP contribution in [0, 0.1) is 5.92 Å². The summed E-state index contributed by atoms with van der Waals surface area (Å²) in [5, 5.41) is 0. The third-order valence-electron chi connectivity index (χ3n) is 4.89. The van der Waals surface area contributed by atoms with Gasteiger partial charge in [-0.1, -0.05) is 12.1 Å². The molecule has 1 unspecified atom stereocenters. The lowest BCUT2D eigenvalue weighted by Crippen LogP contribution is -2.31. The first-order chi connectivity index (χ1) is 11.2. The second-order valence-electron chi connectivity index (χ2n) is 6.67. The molecule has 23 heavy (non-hydrogen) atoms. The molecule has 3 heterocycles. The topological polar surface area (TPSA) is 38.9 Å². The Morgan fingerprint density at radius 1 is 1.30 bits per heavy atom. The first-order valence-electron chi connectivity index (χ1n) is 8.29. The first kappa shape index (κ1) is 14.5. The highest BCUT2D eigenvalue weighted by atomic mass is 15.2. The van der Waals surface area contributed by atoms with Crippen molar-refractivity contribution in [3.05, 3.63) is 48.3 Å². The lowest BCUT2D eigenvalue weighted by atomic mass is 9.99. The van der Waals surface area contributed by atoms with E-state index in [0.717, 1.165) is 37.4 Å². The number of benzene rings is 1. The largest absolute Gasteiger partial charge is 0.335 e. The van der Waals surface area contributed by atoms with E-state index >= 15 is 0 Å². The maximum absolute atomic E-state index is 4.78. The van der Waals surface area contributed by atoms with Gasteiger partial charge in [0.05, 0.1) is 17.6 Å². The van der Waals surface area contributed by atoms with Crippen molar-refractivity contribution < 1.29 is 0 Å². The van der Waals surface area contributed by atoms with E-state index in [2.05, 4.69) is 57.5 Å². The number of rotatable bonds is 4. The zero-order chi connectivity index (χ0) is 15.8. The van der Waals surface area contributed by atoms with Gasteiger partial charge in [-0.3, -0.25) is 4.90 Å². The van der Waals surface area contributed by atoms with E-state index in [4.69, 9.17) is 4.98 Å². The van der Waals surface area contributed by atoms with Crippen LogP contribution in [0.5, 0.6) is 0 Å². The van der Waals surface area contributed by atoms with E-state index < -0.39 is 0 Å². The fourth-order valence-electron chi connectivity index (χ4n) is 3.67. The van der Waals surface area contributed by atoms with Crippen molar-refractivity contribution in [3.63, 3.8) is 0 Å². The highest BCUT2D eigenvalue weighted by Gasteiger charge is 2.20. The molecule has 0 N–H and O–H groups in total. The van der Waals surface area contributed by atoms with Crippen molar-refractivity contribution in [1.82, 2.24) is 24.0 Å². The number of imidazole rings is 2. The van der Waals surface area contributed by atoms with Crippen molar-refractivity contribution >= 4 is 11.0 Å². The van der Waals surface area contributed by atoms with Gasteiger partial charge in [0, 0.05) is 39.0 Å². The number of hydrogen-bond donors (Lipinski definition) is 0. The Kier molecular flexibility index (Phi) is 3.65. The fraction of sp³-hybridized carbons (Fsp3) is 0.444. The molecule has 0 amide bonds. The second kappa shape index (κ2) is 5.81. The molecule has 0 spiro atoms. The van der Waals surface area contributed by atoms with E-state index in [-0.39, 0.29) is 0 Å². The molecule has 120 valence electrons. The molecule has 1 aliphatic rings. The van der Waals surface area contributed by atoms with Gasteiger partial charge in [-0.15, -0.1) is 0 Å². The smallest absolute Gasteiger partial charge is 0.123 e. The first-order valence-corrected chi connectivity index (χ1v) is 8.29. The molecule has 0 fully saturated rings. The summed E-state index contributed by atoms with van der Waals surface area (Å²) in [5.74, 6) is 3.06. The van der Waals surface area contributed by atoms with E-state index in [0.29, 0.717) is 5.92 Å². The average Bonchev–Trinajstić information content (AvgIpc) is 3.12. The highest BCUT2D eigenvalue weighted by Crippen LogP contribution is 2.20. The van der Waals surface area contributed by atoms with Crippen LogP contribution in [-0.4, -0.2) is 37.6 Å². The number of nitrogens with zero attached hydrogens (tertiary/aromatic N) is 5. The van der Waals surface area contributed by atoms with E-state index in [9.17, 15) is 0 Å². The van der Waals surface area contributed by atoms with Crippen LogP contribution in [0.4, 0.5) is 0 Å². The summed E-state index contributed by atoms with van der Waals surface area (Å²) in [7, 11) is 4.31. The maximum atomic E-state index is 4.78. The highest BCUT2D eigenvalue weighted by molar-refractivity contribution is 5.75. The summed E-state index contributed by atoms with van der Waals surface area (Å²) in [6.45, 7) is 3.07. The Morgan fingerprint density at radius 3 is 3.04 bits per heavy atom. The number of hydrogen-bond acceptors (Lipinski definition) is 3. The molecule has 1 aromatic carbocycles. The molecule has 5 nitrogen and oxygen atoms in total. The summed E-state index contributed by atoms with van der Waals surface area (Å²) >= 11 is 0. The van der Waals surface area contributed by atoms with Crippen LogP contribution >= 0.6 is 0 Å². The Labute approximate surface area is 136 Å². The normalized spacial score (nSPS) is 17.8. The van der Waals surface area contributed by atoms with Crippen molar-refractivity contribution in [1.29, 1.82) is 0 Å². The molecule has 4 rings (SSSR count). The molecular weight excluding hydrogens is 286 g/mol. The molecule has 0 saturated heterocycles. The van der Waals surface area contributed by atoms with Crippen LogP contribution in [0.25, 0.3) is 11.0 Å². The van der Waals surface area contributed by atoms with E-state index in [1.165, 1.54) is 17.8 Å². The quantitative estimate of drug-likeness (QED) is 0.743. The van der Waals surface area contributed by atoms with Gasteiger partial charge in [-0.05, 0) is 31.5 Å². The number of fused-ring (bicyclic) bond motifs is 2. The average molecular weight is 309 g/mol. The summed E-state index contributed by atoms with van der Waals surface area (Å²) in [6.07, 6.45) is 6.34. The van der Waals surface area contributed by atoms with Gasteiger partial charge in [0.25, 0.3) is 0 Å².